The Bertz CT molecular complexity index is 1650. The second-order valence-corrected chi connectivity index (χ2v) is 11.7. The number of morpholine rings is 1. The smallest absolute Gasteiger partial charge is 0.410 e. The Morgan fingerprint density at radius 1 is 1.12 bits per heavy atom. The number of imidazole rings is 2. The van der Waals surface area contributed by atoms with Crippen molar-refractivity contribution in [3.8, 4) is 5.95 Å². The van der Waals surface area contributed by atoms with Crippen LogP contribution in [-0.2, 0) is 34.3 Å². The van der Waals surface area contributed by atoms with E-state index in [4.69, 9.17) is 29.4 Å². The number of hydrogen-bond acceptors (Lipinski definition) is 9. The summed E-state index contributed by atoms with van der Waals surface area (Å²) in [6, 6.07) is 7.96. The molecule has 1 N–H and O–H groups in total. The highest BCUT2D eigenvalue weighted by Crippen LogP contribution is 2.29. The van der Waals surface area contributed by atoms with Crippen LogP contribution in [0.2, 0.25) is 0 Å². The zero-order chi connectivity index (χ0) is 29.6. The van der Waals surface area contributed by atoms with Gasteiger partial charge in [-0.15, -0.1) is 0 Å². The first kappa shape index (κ1) is 28.0. The number of carbonyl (C=O) groups excluding carboxylic acids is 2. The topological polar surface area (TPSA) is 133 Å². The van der Waals surface area contributed by atoms with E-state index >= 15 is 0 Å². The molecule has 4 aromatic rings. The molecule has 222 valence electrons. The van der Waals surface area contributed by atoms with Crippen molar-refractivity contribution < 1.29 is 19.1 Å². The van der Waals surface area contributed by atoms with Crippen molar-refractivity contribution in [2.45, 2.75) is 52.4 Å². The Balaban J connectivity index is 1.36. The summed E-state index contributed by atoms with van der Waals surface area (Å²) in [6.07, 6.45) is -0.0733. The van der Waals surface area contributed by atoms with E-state index in [9.17, 15) is 9.59 Å². The Hall–Kier alpha value is -4.10. The van der Waals surface area contributed by atoms with Gasteiger partial charge in [0.15, 0.2) is 5.65 Å². The first-order valence-corrected chi connectivity index (χ1v) is 14.4. The van der Waals surface area contributed by atoms with Crippen molar-refractivity contribution in [2.24, 2.45) is 7.05 Å². The van der Waals surface area contributed by atoms with Crippen LogP contribution in [0.4, 0.5) is 4.79 Å². The SMILES string of the molecule is CCc1nc2ccccc2n1-c1nc(C2CNCCO2)c2nc(CN3CCN(C(=O)OC(C)(C)C)CC3=O)n(C)c2n1. The minimum atomic E-state index is -0.625. The van der Waals surface area contributed by atoms with Gasteiger partial charge in [0, 0.05) is 39.6 Å². The number of benzene rings is 1. The largest absolute Gasteiger partial charge is 0.444 e. The Labute approximate surface area is 243 Å². The molecule has 0 saturated carbocycles. The molecule has 1 unspecified atom stereocenters. The number of ether oxygens (including phenoxy) is 2. The van der Waals surface area contributed by atoms with Crippen LogP contribution in [0.5, 0.6) is 0 Å². The van der Waals surface area contributed by atoms with Crippen LogP contribution in [0, 0.1) is 0 Å². The molecule has 0 radical (unpaired) electrons. The highest BCUT2D eigenvalue weighted by atomic mass is 16.6. The number of piperazine rings is 1. The number of amides is 2. The summed E-state index contributed by atoms with van der Waals surface area (Å²) in [5.41, 5.74) is 3.18. The monoisotopic (exact) mass is 575 g/mol. The maximum Gasteiger partial charge on any atom is 0.410 e. The minimum absolute atomic E-state index is 0.0386. The van der Waals surface area contributed by atoms with Crippen molar-refractivity contribution in [1.29, 1.82) is 0 Å². The van der Waals surface area contributed by atoms with Crippen molar-refractivity contribution >= 4 is 34.2 Å². The predicted octanol–water partition coefficient (Wildman–Crippen LogP) is 2.50. The number of hydrogen-bond donors (Lipinski definition) is 1. The molecule has 2 fully saturated rings. The quantitative estimate of drug-likeness (QED) is 0.381. The van der Waals surface area contributed by atoms with Crippen LogP contribution < -0.4 is 5.32 Å². The lowest BCUT2D eigenvalue weighted by Gasteiger charge is -2.35. The van der Waals surface area contributed by atoms with Gasteiger partial charge in [-0.2, -0.15) is 4.98 Å². The van der Waals surface area contributed by atoms with Gasteiger partial charge in [-0.05, 0) is 32.9 Å². The second kappa shape index (κ2) is 11.0. The standard InChI is InChI=1S/C29H37N9O4/c1-6-21-31-18-9-7-8-10-19(18)38(21)27-33-24(20-15-30-11-14-41-20)25-26(34-27)35(5)22(32-25)16-36-12-13-37(17-23(36)39)28(40)42-29(2,3)4/h7-10,20,30H,6,11-17H2,1-5H3. The van der Waals surface area contributed by atoms with E-state index in [-0.39, 0.29) is 25.1 Å². The normalized spacial score (nSPS) is 18.3. The van der Waals surface area contributed by atoms with Crippen molar-refractivity contribution in [3.05, 3.63) is 41.6 Å². The highest BCUT2D eigenvalue weighted by Gasteiger charge is 2.32. The maximum absolute atomic E-state index is 13.1. The van der Waals surface area contributed by atoms with Gasteiger partial charge in [-0.25, -0.2) is 19.7 Å². The van der Waals surface area contributed by atoms with Crippen LogP contribution in [0.1, 0.15) is 51.1 Å². The van der Waals surface area contributed by atoms with Crippen LogP contribution in [-0.4, -0.2) is 95.8 Å². The van der Waals surface area contributed by atoms with E-state index in [1.54, 1.807) is 4.90 Å². The molecule has 5 heterocycles. The Morgan fingerprint density at radius 2 is 1.93 bits per heavy atom. The number of carbonyl (C=O) groups is 2. The fourth-order valence-electron chi connectivity index (χ4n) is 5.39. The molecule has 2 saturated heterocycles. The number of nitrogens with one attached hydrogen (secondary N) is 1. The van der Waals surface area contributed by atoms with Crippen molar-refractivity contribution in [3.63, 3.8) is 0 Å². The highest BCUT2D eigenvalue weighted by molar-refractivity contribution is 5.84. The van der Waals surface area contributed by atoms with E-state index in [2.05, 4.69) is 12.2 Å². The van der Waals surface area contributed by atoms with Crippen LogP contribution in [0.25, 0.3) is 28.1 Å². The second-order valence-electron chi connectivity index (χ2n) is 11.7. The lowest BCUT2D eigenvalue weighted by molar-refractivity contribution is -0.136. The molecule has 2 amide bonds. The molecule has 13 heteroatoms. The average molecular weight is 576 g/mol. The zero-order valence-electron chi connectivity index (χ0n) is 24.8. The van der Waals surface area contributed by atoms with Crippen molar-refractivity contribution in [1.82, 2.24) is 44.2 Å². The predicted molar refractivity (Wildman–Crippen MR) is 155 cm³/mol. The number of aromatic nitrogens is 6. The van der Waals surface area contributed by atoms with Gasteiger partial charge < -0.3 is 24.3 Å². The van der Waals surface area contributed by atoms with E-state index < -0.39 is 11.7 Å². The van der Waals surface area contributed by atoms with Crippen LogP contribution >= 0.6 is 0 Å². The Morgan fingerprint density at radius 3 is 2.64 bits per heavy atom. The van der Waals surface area contributed by atoms with Gasteiger partial charge in [0.1, 0.15) is 41.1 Å². The molecule has 2 aliphatic heterocycles. The molecular formula is C29H37N9O4. The third-order valence-electron chi connectivity index (χ3n) is 7.51. The molecule has 1 atom stereocenters. The van der Waals surface area contributed by atoms with Gasteiger partial charge in [0.05, 0.1) is 24.2 Å². The van der Waals surface area contributed by atoms with Gasteiger partial charge >= 0.3 is 6.09 Å². The average Bonchev–Trinajstić information content (AvgIpc) is 3.50. The molecule has 3 aromatic heterocycles. The summed E-state index contributed by atoms with van der Waals surface area (Å²) in [6.45, 7) is 10.4. The summed E-state index contributed by atoms with van der Waals surface area (Å²) in [5.74, 6) is 1.88. The van der Waals surface area contributed by atoms with E-state index in [1.165, 1.54) is 4.90 Å². The van der Waals surface area contributed by atoms with Gasteiger partial charge in [-0.1, -0.05) is 19.1 Å². The summed E-state index contributed by atoms with van der Waals surface area (Å²) in [7, 11) is 1.90. The number of aryl methyl sites for hydroxylation is 2. The number of para-hydroxylation sites is 2. The van der Waals surface area contributed by atoms with E-state index in [0.29, 0.717) is 61.3 Å². The molecule has 6 rings (SSSR count). The van der Waals surface area contributed by atoms with E-state index in [0.717, 1.165) is 23.4 Å². The van der Waals surface area contributed by atoms with E-state index in [1.807, 2.05) is 61.2 Å². The van der Waals surface area contributed by atoms with Gasteiger partial charge in [-0.3, -0.25) is 14.3 Å². The molecule has 1 aromatic carbocycles. The molecular weight excluding hydrogens is 538 g/mol. The molecule has 0 aliphatic carbocycles. The molecule has 0 bridgehead atoms. The van der Waals surface area contributed by atoms with Gasteiger partial charge in [0.2, 0.25) is 11.9 Å². The minimum Gasteiger partial charge on any atom is -0.444 e. The molecule has 0 spiro atoms. The number of nitrogens with zero attached hydrogens (tertiary/aromatic N) is 8. The maximum atomic E-state index is 13.1. The third kappa shape index (κ3) is 5.29. The summed E-state index contributed by atoms with van der Waals surface area (Å²) < 4.78 is 15.5. The van der Waals surface area contributed by atoms with Crippen LogP contribution in [0.15, 0.2) is 24.3 Å². The molecule has 42 heavy (non-hydrogen) atoms. The third-order valence-corrected chi connectivity index (χ3v) is 7.51. The first-order chi connectivity index (χ1) is 20.1. The van der Waals surface area contributed by atoms with Crippen LogP contribution in [0.3, 0.4) is 0 Å². The number of fused-ring (bicyclic) bond motifs is 2. The lowest BCUT2D eigenvalue weighted by Crippen LogP contribution is -2.53. The summed E-state index contributed by atoms with van der Waals surface area (Å²) in [5, 5.41) is 3.39. The first-order valence-electron chi connectivity index (χ1n) is 14.4. The zero-order valence-corrected chi connectivity index (χ0v) is 24.8. The lowest BCUT2D eigenvalue weighted by atomic mass is 10.2. The fraction of sp³-hybridized carbons (Fsp3) is 0.517. The molecule has 13 nitrogen and oxygen atoms in total. The number of rotatable bonds is 5. The van der Waals surface area contributed by atoms with Gasteiger partial charge in [0.25, 0.3) is 0 Å². The van der Waals surface area contributed by atoms with Crippen molar-refractivity contribution in [2.75, 3.05) is 39.3 Å². The summed E-state index contributed by atoms with van der Waals surface area (Å²) >= 11 is 0. The fourth-order valence-corrected chi connectivity index (χ4v) is 5.39. The Kier molecular flexibility index (Phi) is 7.31. The molecule has 2 aliphatic rings. The summed E-state index contributed by atoms with van der Waals surface area (Å²) in [4.78, 5) is 48.6.